The summed E-state index contributed by atoms with van der Waals surface area (Å²) in [5.41, 5.74) is 15.2. The maximum absolute atomic E-state index is 4.96. The molecule has 5 nitrogen and oxygen atoms in total. The first-order valence-corrected chi connectivity index (χ1v) is 20.4. The normalized spacial score (nSPS) is 17.6. The molecule has 2 aliphatic heterocycles. The maximum atomic E-state index is 4.96. The van der Waals surface area contributed by atoms with Crippen LogP contribution in [0.3, 0.4) is 0 Å². The predicted molar refractivity (Wildman–Crippen MR) is 244 cm³/mol. The topological polar surface area (TPSA) is 36.3 Å². The Labute approximate surface area is 343 Å². The minimum absolute atomic E-state index is 0.150. The van der Waals surface area contributed by atoms with Gasteiger partial charge in [0.05, 0.1) is 22.8 Å². The van der Waals surface area contributed by atoms with Crippen LogP contribution >= 0.6 is 0 Å². The first-order valence-electron chi connectivity index (χ1n) is 20.4. The van der Waals surface area contributed by atoms with E-state index in [0.717, 1.165) is 50.7 Å². The number of anilines is 5. The Morgan fingerprint density at radius 2 is 1.15 bits per heavy atom. The monoisotopic (exact) mass is 757 g/mol. The molecular formula is C54H39N5. The highest BCUT2D eigenvalue weighted by Crippen LogP contribution is 2.51. The minimum atomic E-state index is -0.150. The van der Waals surface area contributed by atoms with Crippen molar-refractivity contribution in [1.82, 2.24) is 9.55 Å². The lowest BCUT2D eigenvalue weighted by Gasteiger charge is -2.30. The fourth-order valence-electron chi connectivity index (χ4n) is 9.73. The highest BCUT2D eigenvalue weighted by atomic mass is 15.4. The van der Waals surface area contributed by atoms with Crippen molar-refractivity contribution in [1.29, 1.82) is 0 Å². The summed E-state index contributed by atoms with van der Waals surface area (Å²) in [5.74, 6) is 1.22. The summed E-state index contributed by atoms with van der Waals surface area (Å²) in [5, 5.41) is 6.42. The van der Waals surface area contributed by atoms with E-state index in [1.54, 1.807) is 0 Å². The van der Waals surface area contributed by atoms with Gasteiger partial charge in [-0.25, -0.2) is 4.98 Å². The molecule has 4 heterocycles. The highest BCUT2D eigenvalue weighted by molar-refractivity contribution is 6.09. The second kappa shape index (κ2) is 13.5. The van der Waals surface area contributed by atoms with E-state index in [1.807, 2.05) is 6.20 Å². The molecule has 0 radical (unpaired) electrons. The number of hydrogen-bond donors (Lipinski definition) is 1. The maximum Gasteiger partial charge on any atom is 0.159 e. The van der Waals surface area contributed by atoms with Gasteiger partial charge in [-0.3, -0.25) is 4.90 Å². The summed E-state index contributed by atoms with van der Waals surface area (Å²) in [6.45, 7) is 0. The van der Waals surface area contributed by atoms with Crippen LogP contribution in [0.5, 0.6) is 0 Å². The average Bonchev–Trinajstić information content (AvgIpc) is 3.98. The smallest absolute Gasteiger partial charge is 0.159 e. The molecule has 0 fully saturated rings. The Morgan fingerprint density at radius 3 is 1.93 bits per heavy atom. The zero-order valence-corrected chi connectivity index (χ0v) is 32.2. The van der Waals surface area contributed by atoms with E-state index in [1.165, 1.54) is 38.7 Å². The van der Waals surface area contributed by atoms with E-state index in [-0.39, 0.29) is 12.2 Å². The molecule has 3 atom stereocenters. The molecule has 280 valence electrons. The van der Waals surface area contributed by atoms with Crippen molar-refractivity contribution < 1.29 is 0 Å². The van der Waals surface area contributed by atoms with Crippen LogP contribution in [0, 0.1) is 0 Å². The van der Waals surface area contributed by atoms with Crippen LogP contribution in [-0.2, 0) is 0 Å². The Bertz CT molecular complexity index is 3060. The van der Waals surface area contributed by atoms with Gasteiger partial charge in [0.1, 0.15) is 6.17 Å². The molecule has 1 N–H and O–H groups in total. The van der Waals surface area contributed by atoms with Gasteiger partial charge in [-0.1, -0.05) is 152 Å². The predicted octanol–water partition coefficient (Wildman–Crippen LogP) is 13.5. The van der Waals surface area contributed by atoms with Crippen molar-refractivity contribution >= 4 is 50.4 Å². The lowest BCUT2D eigenvalue weighted by molar-refractivity contribution is 0.744. The van der Waals surface area contributed by atoms with E-state index in [2.05, 4.69) is 226 Å². The summed E-state index contributed by atoms with van der Waals surface area (Å²) in [6.07, 6.45) is 10.9. The van der Waals surface area contributed by atoms with Gasteiger partial charge in [-0.05, 0) is 82.4 Å². The minimum Gasteiger partial charge on any atom is -0.358 e. The quantitative estimate of drug-likeness (QED) is 0.183. The molecule has 5 heteroatoms. The second-order valence-corrected chi connectivity index (χ2v) is 15.6. The fourth-order valence-corrected chi connectivity index (χ4v) is 9.73. The molecule has 0 saturated carbocycles. The average molecular weight is 758 g/mol. The van der Waals surface area contributed by atoms with Crippen LogP contribution in [0.25, 0.3) is 49.7 Å². The number of para-hydroxylation sites is 4. The van der Waals surface area contributed by atoms with Crippen LogP contribution in [-0.4, -0.2) is 15.6 Å². The van der Waals surface area contributed by atoms with Crippen molar-refractivity contribution in [3.8, 4) is 27.9 Å². The molecule has 3 unspecified atom stereocenters. The standard InChI is InChI=1S/C54H39N5/c1-3-15-37(16-4-1)43-31-32-55-54-52(43)56-53(59(54)40-17-5-2-6-18-40)38-29-27-36(28-30-38)39-33-41(57-48-23-11-7-19-44(48)45-20-8-12-24-49(45)57)35-42(34-39)58-50-25-13-9-21-46(50)47-22-10-14-26-51(47)58/h1-35,44,48,53,56H. The third-order valence-corrected chi connectivity index (χ3v) is 12.4. The molecule has 1 aliphatic carbocycles. The molecule has 0 amide bonds. The van der Waals surface area contributed by atoms with Gasteiger partial charge >= 0.3 is 0 Å². The van der Waals surface area contributed by atoms with E-state index in [0.29, 0.717) is 5.92 Å². The third kappa shape index (κ3) is 5.35. The molecule has 0 spiro atoms. The van der Waals surface area contributed by atoms with Crippen LogP contribution in [0.1, 0.15) is 23.2 Å². The summed E-state index contributed by atoms with van der Waals surface area (Å²) in [6, 6.07) is 66.2. The number of nitrogens with one attached hydrogen (secondary N) is 1. The number of pyridine rings is 1. The van der Waals surface area contributed by atoms with Crippen LogP contribution in [0.2, 0.25) is 0 Å². The Morgan fingerprint density at radius 1 is 0.492 bits per heavy atom. The zero-order valence-electron chi connectivity index (χ0n) is 32.2. The highest BCUT2D eigenvalue weighted by Gasteiger charge is 2.38. The summed E-state index contributed by atoms with van der Waals surface area (Å²) >= 11 is 0. The van der Waals surface area contributed by atoms with Gasteiger partial charge in [-0.2, -0.15) is 0 Å². The van der Waals surface area contributed by atoms with E-state index in [4.69, 9.17) is 4.98 Å². The molecule has 7 aromatic carbocycles. The number of allylic oxidation sites excluding steroid dienone is 2. The van der Waals surface area contributed by atoms with Crippen molar-refractivity contribution in [3.05, 3.63) is 224 Å². The van der Waals surface area contributed by atoms with Gasteiger partial charge in [-0.15, -0.1) is 0 Å². The fraction of sp³-hybridized carbons (Fsp3) is 0.0556. The SMILES string of the molecule is C1=CC2c3ccccc3N(c3cc(-c4ccc(C5Nc6c(-c7ccccc7)ccnc6N5c5ccccc5)cc4)cc(-n4c5ccccc5c5ccccc54)c3)C2C=C1. The number of hydrogen-bond acceptors (Lipinski definition) is 4. The van der Waals surface area contributed by atoms with Crippen molar-refractivity contribution in [2.75, 3.05) is 15.1 Å². The van der Waals surface area contributed by atoms with Gasteiger partial charge in [0.2, 0.25) is 0 Å². The number of fused-ring (bicyclic) bond motifs is 7. The third-order valence-electron chi connectivity index (χ3n) is 12.4. The van der Waals surface area contributed by atoms with Gasteiger partial charge in [0.25, 0.3) is 0 Å². The Balaban J connectivity index is 1.01. The second-order valence-electron chi connectivity index (χ2n) is 15.6. The molecule has 0 saturated heterocycles. The van der Waals surface area contributed by atoms with Crippen LogP contribution in [0.15, 0.2) is 212 Å². The molecule has 59 heavy (non-hydrogen) atoms. The Hall–Kier alpha value is -7.63. The van der Waals surface area contributed by atoms with Gasteiger partial charge < -0.3 is 14.8 Å². The summed E-state index contributed by atoms with van der Waals surface area (Å²) < 4.78 is 2.44. The lowest BCUT2D eigenvalue weighted by Crippen LogP contribution is -2.28. The number of aromatic nitrogens is 2. The largest absolute Gasteiger partial charge is 0.358 e. The summed E-state index contributed by atoms with van der Waals surface area (Å²) in [7, 11) is 0. The van der Waals surface area contributed by atoms with Crippen molar-refractivity contribution in [3.63, 3.8) is 0 Å². The number of rotatable bonds is 6. The molecular weight excluding hydrogens is 719 g/mol. The first-order chi connectivity index (χ1) is 29.3. The van der Waals surface area contributed by atoms with E-state index >= 15 is 0 Å². The van der Waals surface area contributed by atoms with E-state index in [9.17, 15) is 0 Å². The van der Waals surface area contributed by atoms with Gasteiger partial charge in [0, 0.05) is 51.2 Å². The zero-order chi connectivity index (χ0) is 38.9. The lowest BCUT2D eigenvalue weighted by atomic mass is 9.91. The van der Waals surface area contributed by atoms with Crippen molar-refractivity contribution in [2.45, 2.75) is 18.1 Å². The van der Waals surface area contributed by atoms with Crippen LogP contribution < -0.4 is 15.1 Å². The van der Waals surface area contributed by atoms with Gasteiger partial charge in [0.15, 0.2) is 5.82 Å². The molecule has 2 aromatic heterocycles. The van der Waals surface area contributed by atoms with Crippen molar-refractivity contribution in [2.24, 2.45) is 0 Å². The summed E-state index contributed by atoms with van der Waals surface area (Å²) in [4.78, 5) is 9.83. The Kier molecular flexibility index (Phi) is 7.67. The number of nitrogens with zero attached hydrogens (tertiary/aromatic N) is 4. The molecule has 12 rings (SSSR count). The van der Waals surface area contributed by atoms with E-state index < -0.39 is 0 Å². The molecule has 0 bridgehead atoms. The number of benzene rings is 7. The molecule has 9 aromatic rings. The molecule has 3 aliphatic rings. The first kappa shape index (κ1) is 33.5. The van der Waals surface area contributed by atoms with Crippen LogP contribution in [0.4, 0.5) is 28.6 Å².